The summed E-state index contributed by atoms with van der Waals surface area (Å²) in [6.07, 6.45) is 2.10. The van der Waals surface area contributed by atoms with Gasteiger partial charge in [-0.05, 0) is 30.1 Å². The van der Waals surface area contributed by atoms with E-state index in [1.807, 2.05) is 0 Å². The fraction of sp³-hybridized carbons (Fsp3) is 0.733. The van der Waals surface area contributed by atoms with Crippen molar-refractivity contribution in [3.8, 4) is 11.8 Å². The molecule has 1 saturated carbocycles. The molecule has 1 fully saturated rings. The van der Waals surface area contributed by atoms with Crippen LogP contribution in [0.3, 0.4) is 0 Å². The number of ketones is 2. The third kappa shape index (κ3) is 2.16. The Balaban J connectivity index is 2.39. The molecule has 0 aromatic heterocycles. The molecule has 2 rings (SSSR count). The van der Waals surface area contributed by atoms with Gasteiger partial charge in [-0.2, -0.15) is 0 Å². The van der Waals surface area contributed by atoms with Gasteiger partial charge in [0.2, 0.25) is 5.78 Å². The molecule has 0 aromatic rings. The molecule has 2 aliphatic carbocycles. The van der Waals surface area contributed by atoms with E-state index in [2.05, 4.69) is 32.6 Å². The third-order valence-corrected chi connectivity index (χ3v) is 4.46. The normalized spacial score (nSPS) is 37.2. The fourth-order valence-corrected chi connectivity index (χ4v) is 3.41. The summed E-state index contributed by atoms with van der Waals surface area (Å²) in [6, 6.07) is 0. The number of carbonyl (C=O) groups excluding carboxylic acids is 2. The highest BCUT2D eigenvalue weighted by molar-refractivity contribution is 5.99. The molecule has 0 aromatic carbocycles. The highest BCUT2D eigenvalue weighted by Crippen LogP contribution is 2.42. The second kappa shape index (κ2) is 4.64. The van der Waals surface area contributed by atoms with E-state index in [1.165, 1.54) is 0 Å². The number of carbonyl (C=O) groups is 2. The third-order valence-electron chi connectivity index (χ3n) is 4.46. The molecule has 92 valence electrons. The molecule has 2 heteroatoms. The molecule has 17 heavy (non-hydrogen) atoms. The van der Waals surface area contributed by atoms with Crippen molar-refractivity contribution >= 4 is 11.6 Å². The van der Waals surface area contributed by atoms with Crippen LogP contribution in [0.1, 0.15) is 40.0 Å². The van der Waals surface area contributed by atoms with E-state index >= 15 is 0 Å². The first kappa shape index (κ1) is 12.4. The van der Waals surface area contributed by atoms with E-state index in [0.29, 0.717) is 24.5 Å². The zero-order chi connectivity index (χ0) is 12.6. The van der Waals surface area contributed by atoms with Crippen LogP contribution in [0.4, 0.5) is 0 Å². The number of hydrogen-bond donors (Lipinski definition) is 0. The van der Waals surface area contributed by atoms with Gasteiger partial charge in [-0.1, -0.05) is 26.7 Å². The van der Waals surface area contributed by atoms with Crippen LogP contribution < -0.4 is 0 Å². The minimum absolute atomic E-state index is 0.0227. The standard InChI is InChI=1S/C15H20O2/c1-9(2)12-8-14(17)11-6-4-5-7-13(16)15(12)10(11)3/h9-12,15H,4,6,8H2,1-3H3/t10-,11-,12+,15+/m0/s1. The van der Waals surface area contributed by atoms with Crippen molar-refractivity contribution in [2.45, 2.75) is 40.0 Å². The lowest BCUT2D eigenvalue weighted by molar-refractivity contribution is -0.137. The zero-order valence-electron chi connectivity index (χ0n) is 10.8. The van der Waals surface area contributed by atoms with Crippen molar-refractivity contribution in [2.75, 3.05) is 0 Å². The number of hydrogen-bond acceptors (Lipinski definition) is 2. The van der Waals surface area contributed by atoms with E-state index in [-0.39, 0.29) is 29.5 Å². The van der Waals surface area contributed by atoms with Crippen LogP contribution in [0.15, 0.2) is 0 Å². The average molecular weight is 232 g/mol. The van der Waals surface area contributed by atoms with Crippen molar-refractivity contribution < 1.29 is 9.59 Å². The largest absolute Gasteiger partial charge is 0.299 e. The second-order valence-corrected chi connectivity index (χ2v) is 5.77. The Kier molecular flexibility index (Phi) is 3.38. The summed E-state index contributed by atoms with van der Waals surface area (Å²) in [4.78, 5) is 24.3. The monoisotopic (exact) mass is 232 g/mol. The predicted octanol–water partition coefficient (Wildman–Crippen LogP) is 2.47. The van der Waals surface area contributed by atoms with Crippen molar-refractivity contribution in [3.05, 3.63) is 0 Å². The summed E-state index contributed by atoms with van der Waals surface area (Å²) in [5.74, 6) is 6.87. The summed E-state index contributed by atoms with van der Waals surface area (Å²) in [6.45, 7) is 6.27. The van der Waals surface area contributed by atoms with E-state index in [4.69, 9.17) is 0 Å². The minimum atomic E-state index is -0.0227. The molecule has 0 saturated heterocycles. The summed E-state index contributed by atoms with van der Waals surface area (Å²) in [5, 5.41) is 0. The van der Waals surface area contributed by atoms with E-state index in [9.17, 15) is 9.59 Å². The first-order valence-corrected chi connectivity index (χ1v) is 6.57. The highest BCUT2D eigenvalue weighted by Gasteiger charge is 2.45. The second-order valence-electron chi connectivity index (χ2n) is 5.77. The molecular formula is C15H20O2. The number of fused-ring (bicyclic) bond motifs is 2. The molecule has 0 amide bonds. The maximum Gasteiger partial charge on any atom is 0.209 e. The molecule has 0 heterocycles. The van der Waals surface area contributed by atoms with Crippen LogP contribution >= 0.6 is 0 Å². The van der Waals surface area contributed by atoms with Crippen LogP contribution in [0.25, 0.3) is 0 Å². The van der Waals surface area contributed by atoms with Crippen LogP contribution in [0, 0.1) is 41.4 Å². The Morgan fingerprint density at radius 3 is 2.65 bits per heavy atom. The Bertz CT molecular complexity index is 397. The summed E-state index contributed by atoms with van der Waals surface area (Å²) < 4.78 is 0. The smallest absolute Gasteiger partial charge is 0.209 e. The van der Waals surface area contributed by atoms with E-state index < -0.39 is 0 Å². The van der Waals surface area contributed by atoms with Crippen LogP contribution in [0.2, 0.25) is 0 Å². The van der Waals surface area contributed by atoms with Gasteiger partial charge in [0.25, 0.3) is 0 Å². The SMILES string of the molecule is CC(C)[C@H]1CC(=O)[C@H]2CCC#CC(=O)[C@@H]1[C@H]2C. The number of rotatable bonds is 1. The van der Waals surface area contributed by atoms with Crippen molar-refractivity contribution in [2.24, 2.45) is 29.6 Å². The quantitative estimate of drug-likeness (QED) is 0.514. The molecule has 0 unspecified atom stereocenters. The molecule has 2 bridgehead atoms. The van der Waals surface area contributed by atoms with Gasteiger partial charge in [-0.3, -0.25) is 9.59 Å². The minimum Gasteiger partial charge on any atom is -0.299 e. The van der Waals surface area contributed by atoms with E-state index in [0.717, 1.165) is 6.42 Å². The molecule has 2 nitrogen and oxygen atoms in total. The summed E-state index contributed by atoms with van der Waals surface area (Å²) >= 11 is 0. The Morgan fingerprint density at radius 2 is 2.00 bits per heavy atom. The highest BCUT2D eigenvalue weighted by atomic mass is 16.1. The zero-order valence-corrected chi connectivity index (χ0v) is 10.8. The maximum absolute atomic E-state index is 12.1. The summed E-state index contributed by atoms with van der Waals surface area (Å²) in [5.41, 5.74) is 0. The lowest BCUT2D eigenvalue weighted by Gasteiger charge is -2.41. The van der Waals surface area contributed by atoms with Gasteiger partial charge in [0.15, 0.2) is 0 Å². The summed E-state index contributed by atoms with van der Waals surface area (Å²) in [7, 11) is 0. The molecule has 0 N–H and O–H groups in total. The van der Waals surface area contributed by atoms with Gasteiger partial charge in [0.1, 0.15) is 5.78 Å². The van der Waals surface area contributed by atoms with Crippen molar-refractivity contribution in [1.82, 2.24) is 0 Å². The van der Waals surface area contributed by atoms with Gasteiger partial charge < -0.3 is 0 Å². The lowest BCUT2D eigenvalue weighted by Crippen LogP contribution is -2.45. The van der Waals surface area contributed by atoms with Crippen LogP contribution in [-0.4, -0.2) is 11.6 Å². The molecular weight excluding hydrogens is 212 g/mol. The van der Waals surface area contributed by atoms with Gasteiger partial charge in [-0.15, -0.1) is 0 Å². The maximum atomic E-state index is 12.1. The first-order chi connectivity index (χ1) is 8.02. The molecule has 2 aliphatic rings. The van der Waals surface area contributed by atoms with Gasteiger partial charge in [-0.25, -0.2) is 0 Å². The molecule has 4 atom stereocenters. The first-order valence-electron chi connectivity index (χ1n) is 6.57. The average Bonchev–Trinajstić information content (AvgIpc) is 2.25. The Hall–Kier alpha value is -1.10. The number of Topliss-reactive ketones (excluding diaryl/α,β-unsaturated/α-hetero) is 2. The topological polar surface area (TPSA) is 34.1 Å². The van der Waals surface area contributed by atoms with Crippen LogP contribution in [-0.2, 0) is 9.59 Å². The van der Waals surface area contributed by atoms with Gasteiger partial charge in [0.05, 0.1) is 0 Å². The Morgan fingerprint density at radius 1 is 1.29 bits per heavy atom. The van der Waals surface area contributed by atoms with Crippen molar-refractivity contribution in [3.63, 3.8) is 0 Å². The van der Waals surface area contributed by atoms with Crippen molar-refractivity contribution in [1.29, 1.82) is 0 Å². The predicted molar refractivity (Wildman–Crippen MR) is 66.1 cm³/mol. The van der Waals surface area contributed by atoms with Crippen LogP contribution in [0.5, 0.6) is 0 Å². The molecule has 0 aliphatic heterocycles. The molecule has 0 radical (unpaired) electrons. The fourth-order valence-electron chi connectivity index (χ4n) is 3.41. The van der Waals surface area contributed by atoms with E-state index in [1.54, 1.807) is 0 Å². The lowest BCUT2D eigenvalue weighted by atomic mass is 9.61. The van der Waals surface area contributed by atoms with Gasteiger partial charge >= 0.3 is 0 Å². The molecule has 0 spiro atoms. The van der Waals surface area contributed by atoms with Gasteiger partial charge in [0, 0.05) is 24.7 Å². The Labute approximate surface area is 103 Å².